The SMILES string of the molecule is CN(C)C(=O)COC(=O)c1ccccc1Br. The summed E-state index contributed by atoms with van der Waals surface area (Å²) < 4.78 is 5.52. The molecule has 0 unspecified atom stereocenters. The molecule has 0 atom stereocenters. The van der Waals surface area contributed by atoms with E-state index in [1.807, 2.05) is 0 Å². The molecule has 0 aromatic heterocycles. The van der Waals surface area contributed by atoms with Gasteiger partial charge >= 0.3 is 5.97 Å². The molecule has 86 valence electrons. The maximum Gasteiger partial charge on any atom is 0.339 e. The topological polar surface area (TPSA) is 46.6 Å². The molecule has 1 amide bonds. The van der Waals surface area contributed by atoms with Crippen molar-refractivity contribution in [3.05, 3.63) is 34.3 Å². The molecule has 0 aliphatic heterocycles. The Morgan fingerprint density at radius 3 is 2.50 bits per heavy atom. The molecule has 4 nitrogen and oxygen atoms in total. The minimum atomic E-state index is -0.511. The first-order valence-electron chi connectivity index (χ1n) is 4.64. The molecule has 0 aliphatic rings. The van der Waals surface area contributed by atoms with Crippen LogP contribution in [-0.2, 0) is 9.53 Å². The molecule has 1 aromatic rings. The number of halogens is 1. The van der Waals surface area contributed by atoms with Crippen molar-refractivity contribution in [2.24, 2.45) is 0 Å². The third kappa shape index (κ3) is 3.34. The van der Waals surface area contributed by atoms with E-state index in [2.05, 4.69) is 15.9 Å². The van der Waals surface area contributed by atoms with Crippen LogP contribution in [-0.4, -0.2) is 37.5 Å². The molecule has 5 heteroatoms. The Hall–Kier alpha value is -1.36. The van der Waals surface area contributed by atoms with Gasteiger partial charge in [-0.3, -0.25) is 4.79 Å². The first-order valence-corrected chi connectivity index (χ1v) is 5.43. The molecule has 0 fully saturated rings. The standard InChI is InChI=1S/C11H12BrNO3/c1-13(2)10(14)7-16-11(15)8-5-3-4-6-9(8)12/h3-6H,7H2,1-2H3. The molecule has 0 bridgehead atoms. The average molecular weight is 286 g/mol. The summed E-state index contributed by atoms with van der Waals surface area (Å²) in [5, 5.41) is 0. The van der Waals surface area contributed by atoms with Crippen molar-refractivity contribution >= 4 is 27.8 Å². The summed E-state index contributed by atoms with van der Waals surface area (Å²) >= 11 is 3.24. The van der Waals surface area contributed by atoms with Crippen LogP contribution in [0.3, 0.4) is 0 Å². The van der Waals surface area contributed by atoms with Gasteiger partial charge in [-0.25, -0.2) is 4.79 Å². The lowest BCUT2D eigenvalue weighted by Gasteiger charge is -2.10. The molecule has 0 spiro atoms. The lowest BCUT2D eigenvalue weighted by Crippen LogP contribution is -2.27. The fourth-order valence-corrected chi connectivity index (χ4v) is 1.41. The first-order chi connectivity index (χ1) is 7.52. The summed E-state index contributed by atoms with van der Waals surface area (Å²) in [4.78, 5) is 24.1. The number of esters is 1. The third-order valence-corrected chi connectivity index (χ3v) is 2.61. The van der Waals surface area contributed by atoms with Gasteiger partial charge in [-0.1, -0.05) is 12.1 Å². The molecule has 0 heterocycles. The Bertz CT molecular complexity index is 404. The molecule has 1 aromatic carbocycles. The highest BCUT2D eigenvalue weighted by Gasteiger charge is 2.13. The molecular formula is C11H12BrNO3. The molecule has 0 N–H and O–H groups in total. The zero-order valence-electron chi connectivity index (χ0n) is 9.07. The Balaban J connectivity index is 2.60. The zero-order chi connectivity index (χ0) is 12.1. The normalized spacial score (nSPS) is 9.69. The van der Waals surface area contributed by atoms with E-state index < -0.39 is 5.97 Å². The second-order valence-corrected chi connectivity index (χ2v) is 4.20. The first kappa shape index (κ1) is 12.7. The number of amides is 1. The van der Waals surface area contributed by atoms with Gasteiger partial charge in [0.15, 0.2) is 6.61 Å². The summed E-state index contributed by atoms with van der Waals surface area (Å²) in [5.41, 5.74) is 0.411. The van der Waals surface area contributed by atoms with E-state index in [0.717, 1.165) is 0 Å². The summed E-state index contributed by atoms with van der Waals surface area (Å²) in [6.07, 6.45) is 0. The van der Waals surface area contributed by atoms with Gasteiger partial charge in [0, 0.05) is 18.6 Å². The lowest BCUT2D eigenvalue weighted by atomic mass is 10.2. The van der Waals surface area contributed by atoms with Crippen molar-refractivity contribution in [1.29, 1.82) is 0 Å². The van der Waals surface area contributed by atoms with Crippen molar-refractivity contribution in [2.45, 2.75) is 0 Å². The number of likely N-dealkylation sites (N-methyl/N-ethyl adjacent to an activating group) is 1. The lowest BCUT2D eigenvalue weighted by molar-refractivity contribution is -0.131. The molecule has 1 rings (SSSR count). The number of hydrogen-bond acceptors (Lipinski definition) is 3. The van der Waals surface area contributed by atoms with Crippen molar-refractivity contribution in [3.8, 4) is 0 Å². The molecule has 0 saturated carbocycles. The van der Waals surface area contributed by atoms with Gasteiger partial charge in [0.1, 0.15) is 0 Å². The van der Waals surface area contributed by atoms with Crippen molar-refractivity contribution in [1.82, 2.24) is 4.90 Å². The maximum atomic E-state index is 11.6. The van der Waals surface area contributed by atoms with E-state index in [1.54, 1.807) is 38.4 Å². The van der Waals surface area contributed by atoms with Gasteiger partial charge in [-0.15, -0.1) is 0 Å². The fourth-order valence-electron chi connectivity index (χ4n) is 0.961. The van der Waals surface area contributed by atoms with Crippen LogP contribution in [0.2, 0.25) is 0 Å². The van der Waals surface area contributed by atoms with Gasteiger partial charge in [-0.05, 0) is 28.1 Å². The highest BCUT2D eigenvalue weighted by Crippen LogP contribution is 2.16. The number of hydrogen-bond donors (Lipinski definition) is 0. The van der Waals surface area contributed by atoms with Crippen LogP contribution in [0.5, 0.6) is 0 Å². The summed E-state index contributed by atoms with van der Waals surface area (Å²) in [6, 6.07) is 6.90. The van der Waals surface area contributed by atoms with Crippen LogP contribution in [0.15, 0.2) is 28.7 Å². The van der Waals surface area contributed by atoms with E-state index in [-0.39, 0.29) is 12.5 Å². The van der Waals surface area contributed by atoms with Gasteiger partial charge in [0.2, 0.25) is 0 Å². The summed E-state index contributed by atoms with van der Waals surface area (Å²) in [7, 11) is 3.21. The number of rotatable bonds is 3. The highest BCUT2D eigenvalue weighted by atomic mass is 79.9. The monoisotopic (exact) mass is 285 g/mol. The molecule has 0 aliphatic carbocycles. The Morgan fingerprint density at radius 2 is 1.94 bits per heavy atom. The Kier molecular flexibility index (Phi) is 4.49. The number of nitrogens with zero attached hydrogens (tertiary/aromatic N) is 1. The van der Waals surface area contributed by atoms with Crippen LogP contribution in [0, 0.1) is 0 Å². The van der Waals surface area contributed by atoms with E-state index in [4.69, 9.17) is 4.74 Å². The van der Waals surface area contributed by atoms with E-state index in [9.17, 15) is 9.59 Å². The number of carbonyl (C=O) groups is 2. The van der Waals surface area contributed by atoms with Gasteiger partial charge in [-0.2, -0.15) is 0 Å². The summed E-state index contributed by atoms with van der Waals surface area (Å²) in [5.74, 6) is -0.761. The van der Waals surface area contributed by atoms with E-state index >= 15 is 0 Å². The number of carbonyl (C=O) groups excluding carboxylic acids is 2. The maximum absolute atomic E-state index is 11.6. The van der Waals surface area contributed by atoms with Crippen LogP contribution in [0.1, 0.15) is 10.4 Å². The van der Waals surface area contributed by atoms with E-state index in [1.165, 1.54) is 4.90 Å². The van der Waals surface area contributed by atoms with Crippen LogP contribution in [0.25, 0.3) is 0 Å². The molecular weight excluding hydrogens is 274 g/mol. The molecule has 0 saturated heterocycles. The Labute approximate surface area is 102 Å². The van der Waals surface area contributed by atoms with Crippen LogP contribution >= 0.6 is 15.9 Å². The van der Waals surface area contributed by atoms with Gasteiger partial charge in [0.05, 0.1) is 5.56 Å². The third-order valence-electron chi connectivity index (χ3n) is 1.92. The van der Waals surface area contributed by atoms with Crippen molar-refractivity contribution in [3.63, 3.8) is 0 Å². The zero-order valence-corrected chi connectivity index (χ0v) is 10.7. The minimum absolute atomic E-state index is 0.243. The predicted molar refractivity (Wildman–Crippen MR) is 63.1 cm³/mol. The predicted octanol–water partition coefficient (Wildman–Crippen LogP) is 1.69. The van der Waals surface area contributed by atoms with Crippen molar-refractivity contribution in [2.75, 3.05) is 20.7 Å². The van der Waals surface area contributed by atoms with Gasteiger partial charge < -0.3 is 9.64 Å². The summed E-state index contributed by atoms with van der Waals surface area (Å²) in [6.45, 7) is -0.243. The largest absolute Gasteiger partial charge is 0.452 e. The Morgan fingerprint density at radius 1 is 1.31 bits per heavy atom. The average Bonchev–Trinajstić information content (AvgIpc) is 2.25. The quantitative estimate of drug-likeness (QED) is 0.794. The minimum Gasteiger partial charge on any atom is -0.452 e. The van der Waals surface area contributed by atoms with E-state index in [0.29, 0.717) is 10.0 Å². The second-order valence-electron chi connectivity index (χ2n) is 3.34. The molecule has 0 radical (unpaired) electrons. The number of ether oxygens (including phenoxy) is 1. The number of benzene rings is 1. The fraction of sp³-hybridized carbons (Fsp3) is 0.273. The van der Waals surface area contributed by atoms with Crippen LogP contribution in [0.4, 0.5) is 0 Å². The second kappa shape index (κ2) is 5.65. The smallest absolute Gasteiger partial charge is 0.339 e. The molecule has 16 heavy (non-hydrogen) atoms. The van der Waals surface area contributed by atoms with Crippen molar-refractivity contribution < 1.29 is 14.3 Å². The highest BCUT2D eigenvalue weighted by molar-refractivity contribution is 9.10. The van der Waals surface area contributed by atoms with Gasteiger partial charge in [0.25, 0.3) is 5.91 Å². The van der Waals surface area contributed by atoms with Crippen LogP contribution < -0.4 is 0 Å².